The number of ether oxygens (including phenoxy) is 1. The number of hydrogen-bond acceptors (Lipinski definition) is 5. The van der Waals surface area contributed by atoms with Crippen LogP contribution in [0.15, 0.2) is 35.0 Å². The first kappa shape index (κ1) is 16.4. The summed E-state index contributed by atoms with van der Waals surface area (Å²) in [4.78, 5) is 18.2. The van der Waals surface area contributed by atoms with Crippen LogP contribution in [0.4, 0.5) is 0 Å². The molecule has 1 aromatic heterocycles. The van der Waals surface area contributed by atoms with E-state index in [1.54, 1.807) is 18.9 Å². The first-order chi connectivity index (χ1) is 11.4. The molecule has 0 unspecified atom stereocenters. The van der Waals surface area contributed by atoms with Crippen molar-refractivity contribution in [1.82, 2.24) is 15.0 Å². The Morgan fingerprint density at radius 1 is 1.38 bits per heavy atom. The van der Waals surface area contributed by atoms with Crippen LogP contribution >= 0.6 is 0 Å². The number of rotatable bonds is 4. The molecule has 3 rings (SSSR count). The highest BCUT2D eigenvalue weighted by atomic mass is 16.5. The Kier molecular flexibility index (Phi) is 4.24. The van der Waals surface area contributed by atoms with E-state index in [9.17, 15) is 4.79 Å². The SMILES string of the molecule is COC(C)(C)c1noc(C[C@@H]2c3ccccc3C=CN2C(C)=O)n1. The summed E-state index contributed by atoms with van der Waals surface area (Å²) in [6.07, 6.45) is 4.21. The van der Waals surface area contributed by atoms with Gasteiger partial charge >= 0.3 is 0 Å². The Labute approximate surface area is 141 Å². The third-order valence-electron chi connectivity index (χ3n) is 4.35. The van der Waals surface area contributed by atoms with Crippen molar-refractivity contribution in [2.45, 2.75) is 38.8 Å². The van der Waals surface area contributed by atoms with Gasteiger partial charge in [0, 0.05) is 20.2 Å². The number of fused-ring (bicyclic) bond motifs is 1. The van der Waals surface area contributed by atoms with Gasteiger partial charge in [-0.3, -0.25) is 4.79 Å². The van der Waals surface area contributed by atoms with E-state index in [1.165, 1.54) is 0 Å². The van der Waals surface area contributed by atoms with Crippen LogP contribution in [0.2, 0.25) is 0 Å². The van der Waals surface area contributed by atoms with Crippen LogP contribution in [-0.4, -0.2) is 28.1 Å². The lowest BCUT2D eigenvalue weighted by molar-refractivity contribution is -0.128. The molecule has 24 heavy (non-hydrogen) atoms. The van der Waals surface area contributed by atoms with Crippen molar-refractivity contribution in [3.05, 3.63) is 53.3 Å². The topological polar surface area (TPSA) is 68.5 Å². The number of aromatic nitrogens is 2. The van der Waals surface area contributed by atoms with Gasteiger partial charge in [0.15, 0.2) is 0 Å². The highest BCUT2D eigenvalue weighted by Gasteiger charge is 2.30. The molecule has 0 spiro atoms. The lowest BCUT2D eigenvalue weighted by Gasteiger charge is -2.31. The number of amides is 1. The number of hydrogen-bond donors (Lipinski definition) is 0. The van der Waals surface area contributed by atoms with E-state index in [0.717, 1.165) is 11.1 Å². The Balaban J connectivity index is 1.92. The van der Waals surface area contributed by atoms with Gasteiger partial charge in [-0.2, -0.15) is 4.98 Å². The van der Waals surface area contributed by atoms with Crippen molar-refractivity contribution in [2.24, 2.45) is 0 Å². The fourth-order valence-corrected chi connectivity index (χ4v) is 2.75. The first-order valence-electron chi connectivity index (χ1n) is 7.86. The number of benzene rings is 1. The number of carbonyl (C=O) groups is 1. The summed E-state index contributed by atoms with van der Waals surface area (Å²) in [7, 11) is 1.61. The number of carbonyl (C=O) groups excluding carboxylic acids is 1. The van der Waals surface area contributed by atoms with E-state index in [0.29, 0.717) is 18.1 Å². The minimum absolute atomic E-state index is 0.0253. The smallest absolute Gasteiger partial charge is 0.229 e. The molecule has 0 fully saturated rings. The average molecular weight is 327 g/mol. The fourth-order valence-electron chi connectivity index (χ4n) is 2.75. The Bertz CT molecular complexity index is 779. The van der Waals surface area contributed by atoms with Crippen molar-refractivity contribution in [2.75, 3.05) is 7.11 Å². The van der Waals surface area contributed by atoms with Gasteiger partial charge in [0.1, 0.15) is 5.60 Å². The zero-order chi connectivity index (χ0) is 17.3. The minimum atomic E-state index is -0.619. The second-order valence-electron chi connectivity index (χ2n) is 6.32. The van der Waals surface area contributed by atoms with E-state index < -0.39 is 5.60 Å². The van der Waals surface area contributed by atoms with E-state index >= 15 is 0 Å². The number of methoxy groups -OCH3 is 1. The third kappa shape index (κ3) is 2.97. The van der Waals surface area contributed by atoms with Gasteiger partial charge in [-0.15, -0.1) is 0 Å². The molecule has 1 aliphatic heterocycles. The summed E-state index contributed by atoms with van der Waals surface area (Å²) >= 11 is 0. The molecule has 0 saturated carbocycles. The van der Waals surface area contributed by atoms with Crippen LogP contribution < -0.4 is 0 Å². The van der Waals surface area contributed by atoms with E-state index in [-0.39, 0.29) is 11.9 Å². The fraction of sp³-hybridized carbons (Fsp3) is 0.389. The molecule has 6 nitrogen and oxygen atoms in total. The van der Waals surface area contributed by atoms with Crippen LogP contribution in [-0.2, 0) is 21.6 Å². The van der Waals surface area contributed by atoms with Crippen molar-refractivity contribution in [3.8, 4) is 0 Å². The molecule has 126 valence electrons. The molecule has 0 radical (unpaired) electrons. The predicted octanol–water partition coefficient (Wildman–Crippen LogP) is 3.07. The van der Waals surface area contributed by atoms with Gasteiger partial charge in [0.05, 0.1) is 12.5 Å². The van der Waals surface area contributed by atoms with Gasteiger partial charge in [0.25, 0.3) is 0 Å². The second-order valence-corrected chi connectivity index (χ2v) is 6.32. The third-order valence-corrected chi connectivity index (χ3v) is 4.35. The highest BCUT2D eigenvalue weighted by Crippen LogP contribution is 2.33. The molecule has 6 heteroatoms. The molecule has 2 heterocycles. The van der Waals surface area contributed by atoms with Gasteiger partial charge in [-0.25, -0.2) is 0 Å². The maximum Gasteiger partial charge on any atom is 0.229 e. The van der Waals surface area contributed by atoms with Crippen molar-refractivity contribution in [1.29, 1.82) is 0 Å². The quantitative estimate of drug-likeness (QED) is 0.863. The van der Waals surface area contributed by atoms with Crippen LogP contribution in [0, 0.1) is 0 Å². The molecule has 0 bridgehead atoms. The average Bonchev–Trinajstić information content (AvgIpc) is 3.04. The molecule has 1 amide bonds. The summed E-state index contributed by atoms with van der Waals surface area (Å²) in [5.74, 6) is 0.952. The van der Waals surface area contributed by atoms with Gasteiger partial charge in [-0.1, -0.05) is 29.4 Å². The maximum atomic E-state index is 12.0. The highest BCUT2D eigenvalue weighted by molar-refractivity contribution is 5.77. The lowest BCUT2D eigenvalue weighted by atomic mass is 9.94. The largest absolute Gasteiger partial charge is 0.371 e. The minimum Gasteiger partial charge on any atom is -0.371 e. The van der Waals surface area contributed by atoms with Crippen molar-refractivity contribution < 1.29 is 14.1 Å². The van der Waals surface area contributed by atoms with Crippen LogP contribution in [0.25, 0.3) is 6.08 Å². The number of nitrogens with zero attached hydrogens (tertiary/aromatic N) is 3. The van der Waals surface area contributed by atoms with Crippen LogP contribution in [0.3, 0.4) is 0 Å². The van der Waals surface area contributed by atoms with Crippen molar-refractivity contribution >= 4 is 12.0 Å². The Hall–Kier alpha value is -2.47. The van der Waals surface area contributed by atoms with Gasteiger partial charge < -0.3 is 14.2 Å². The summed E-state index contributed by atoms with van der Waals surface area (Å²) < 4.78 is 10.8. The Morgan fingerprint density at radius 3 is 2.83 bits per heavy atom. The van der Waals surface area contributed by atoms with Crippen molar-refractivity contribution in [3.63, 3.8) is 0 Å². The zero-order valence-corrected chi connectivity index (χ0v) is 14.3. The zero-order valence-electron chi connectivity index (χ0n) is 14.3. The van der Waals surface area contributed by atoms with Crippen LogP contribution in [0.5, 0.6) is 0 Å². The second kappa shape index (κ2) is 6.20. The molecule has 2 aromatic rings. The lowest BCUT2D eigenvalue weighted by Crippen LogP contribution is -2.32. The predicted molar refractivity (Wildman–Crippen MR) is 88.8 cm³/mol. The maximum absolute atomic E-state index is 12.0. The molecule has 0 saturated heterocycles. The molecule has 1 aliphatic rings. The first-order valence-corrected chi connectivity index (χ1v) is 7.86. The van der Waals surface area contributed by atoms with E-state index in [1.807, 2.05) is 50.4 Å². The summed E-state index contributed by atoms with van der Waals surface area (Å²) in [5.41, 5.74) is 1.55. The molecule has 0 N–H and O–H groups in total. The van der Waals surface area contributed by atoms with E-state index in [4.69, 9.17) is 9.26 Å². The Morgan fingerprint density at radius 2 is 2.12 bits per heavy atom. The molecular weight excluding hydrogens is 306 g/mol. The summed E-state index contributed by atoms with van der Waals surface area (Å²) in [6.45, 7) is 5.31. The summed E-state index contributed by atoms with van der Waals surface area (Å²) in [6, 6.07) is 7.84. The van der Waals surface area contributed by atoms with Crippen LogP contribution in [0.1, 0.15) is 49.7 Å². The standard InChI is InChI=1S/C18H21N3O3/c1-12(22)21-10-9-13-7-5-6-8-14(13)15(21)11-16-19-17(20-24-16)18(2,3)23-4/h5-10,15H,11H2,1-4H3/t15-/m1/s1. The molecular formula is C18H21N3O3. The van der Waals surface area contributed by atoms with Gasteiger partial charge in [0.2, 0.25) is 17.6 Å². The van der Waals surface area contributed by atoms with E-state index in [2.05, 4.69) is 10.1 Å². The molecule has 1 atom stereocenters. The normalized spacial score (nSPS) is 17.0. The monoisotopic (exact) mass is 327 g/mol. The molecule has 1 aromatic carbocycles. The van der Waals surface area contributed by atoms with Gasteiger partial charge in [-0.05, 0) is 31.1 Å². The molecule has 0 aliphatic carbocycles. The summed E-state index contributed by atoms with van der Waals surface area (Å²) in [5, 5.41) is 4.02.